The summed E-state index contributed by atoms with van der Waals surface area (Å²) in [6.07, 6.45) is 1.02. The highest BCUT2D eigenvalue weighted by molar-refractivity contribution is 7.10. The first-order valence-corrected chi connectivity index (χ1v) is 7.50. The van der Waals surface area contributed by atoms with Crippen molar-refractivity contribution in [1.29, 1.82) is 0 Å². The number of hydrogen-bond acceptors (Lipinski definition) is 2. The first kappa shape index (κ1) is 13.9. The maximum atomic E-state index is 6.31. The highest BCUT2D eigenvalue weighted by Gasteiger charge is 2.19. The van der Waals surface area contributed by atoms with E-state index in [-0.39, 0.29) is 6.04 Å². The van der Waals surface area contributed by atoms with Gasteiger partial charge in [0.05, 0.1) is 16.1 Å². The summed E-state index contributed by atoms with van der Waals surface area (Å²) in [5.74, 6) is 0. The van der Waals surface area contributed by atoms with E-state index in [2.05, 4.69) is 23.7 Å². The van der Waals surface area contributed by atoms with Gasteiger partial charge in [0, 0.05) is 4.88 Å². The fourth-order valence-electron chi connectivity index (χ4n) is 2.06. The molecule has 1 aromatic heterocycles. The molecule has 2 aromatic rings. The minimum absolute atomic E-state index is 0.103. The average Bonchev–Trinajstić information content (AvgIpc) is 2.83. The molecule has 1 unspecified atom stereocenters. The van der Waals surface area contributed by atoms with Gasteiger partial charge in [-0.3, -0.25) is 0 Å². The average molecular weight is 300 g/mol. The molecule has 0 aliphatic carbocycles. The monoisotopic (exact) mass is 299 g/mol. The third-order valence-corrected chi connectivity index (χ3v) is 4.86. The third kappa shape index (κ3) is 2.57. The van der Waals surface area contributed by atoms with Crippen LogP contribution in [0.1, 0.15) is 29.0 Å². The van der Waals surface area contributed by atoms with Crippen molar-refractivity contribution in [3.05, 3.63) is 55.7 Å². The molecule has 4 heteroatoms. The quantitative estimate of drug-likeness (QED) is 0.844. The molecule has 1 nitrogen and oxygen atoms in total. The van der Waals surface area contributed by atoms with Gasteiger partial charge in [0.2, 0.25) is 0 Å². The lowest BCUT2D eigenvalue weighted by Gasteiger charge is -2.19. The number of benzene rings is 1. The van der Waals surface area contributed by atoms with E-state index >= 15 is 0 Å². The minimum atomic E-state index is 0.103. The highest BCUT2D eigenvalue weighted by Crippen LogP contribution is 2.36. The number of nitrogens with one attached hydrogen (secondary N) is 1. The van der Waals surface area contributed by atoms with Crippen LogP contribution in [0.3, 0.4) is 0 Å². The Morgan fingerprint density at radius 2 is 2.06 bits per heavy atom. The zero-order valence-electron chi connectivity index (χ0n) is 10.3. The number of rotatable bonds is 4. The molecule has 1 aromatic carbocycles. The fraction of sp³-hybridized carbons (Fsp3) is 0.286. The van der Waals surface area contributed by atoms with E-state index in [9.17, 15) is 0 Å². The number of aryl methyl sites for hydroxylation is 1. The summed E-state index contributed by atoms with van der Waals surface area (Å²) in [7, 11) is 1.95. The van der Waals surface area contributed by atoms with Crippen molar-refractivity contribution in [1.82, 2.24) is 5.32 Å². The Morgan fingerprint density at radius 3 is 2.72 bits per heavy atom. The highest BCUT2D eigenvalue weighted by atomic mass is 35.5. The van der Waals surface area contributed by atoms with Gasteiger partial charge in [-0.2, -0.15) is 0 Å². The molecular weight excluding hydrogens is 285 g/mol. The summed E-state index contributed by atoms with van der Waals surface area (Å²) < 4.78 is 0. The van der Waals surface area contributed by atoms with E-state index in [1.807, 2.05) is 25.2 Å². The molecule has 0 saturated heterocycles. The molecule has 1 heterocycles. The zero-order valence-corrected chi connectivity index (χ0v) is 12.7. The molecule has 96 valence electrons. The Hall–Kier alpha value is -0.540. The Balaban J connectivity index is 2.49. The molecule has 0 spiro atoms. The van der Waals surface area contributed by atoms with Gasteiger partial charge >= 0.3 is 0 Å². The Kier molecular flexibility index (Phi) is 4.68. The van der Waals surface area contributed by atoms with E-state index in [4.69, 9.17) is 23.2 Å². The SMILES string of the molecule is CCc1ccsc1C(NC)c1cccc(Cl)c1Cl. The Bertz CT molecular complexity index is 536. The van der Waals surface area contributed by atoms with Crippen LogP contribution in [0, 0.1) is 0 Å². The van der Waals surface area contributed by atoms with Gasteiger partial charge in [0.25, 0.3) is 0 Å². The number of thiophene rings is 1. The third-order valence-electron chi connectivity index (χ3n) is 3.00. The number of halogens is 2. The van der Waals surface area contributed by atoms with Gasteiger partial charge < -0.3 is 5.32 Å². The van der Waals surface area contributed by atoms with Gasteiger partial charge in [0.1, 0.15) is 0 Å². The fourth-order valence-corrected chi connectivity index (χ4v) is 3.60. The normalized spacial score (nSPS) is 12.7. The second-order valence-electron chi connectivity index (χ2n) is 4.03. The zero-order chi connectivity index (χ0) is 13.1. The van der Waals surface area contributed by atoms with Crippen LogP contribution >= 0.6 is 34.5 Å². The summed E-state index contributed by atoms with van der Waals surface area (Å²) in [4.78, 5) is 1.31. The van der Waals surface area contributed by atoms with Crippen molar-refractivity contribution in [2.24, 2.45) is 0 Å². The molecular formula is C14H15Cl2NS. The minimum Gasteiger partial charge on any atom is -0.309 e. The van der Waals surface area contributed by atoms with E-state index < -0.39 is 0 Å². The van der Waals surface area contributed by atoms with Crippen molar-refractivity contribution in [3.63, 3.8) is 0 Å². The molecule has 18 heavy (non-hydrogen) atoms. The molecule has 2 rings (SSSR count). The lowest BCUT2D eigenvalue weighted by molar-refractivity contribution is 0.697. The molecule has 0 fully saturated rings. The van der Waals surface area contributed by atoms with Crippen molar-refractivity contribution in [3.8, 4) is 0 Å². The molecule has 1 atom stereocenters. The van der Waals surface area contributed by atoms with Gasteiger partial charge in [-0.25, -0.2) is 0 Å². The Labute approximate surface area is 122 Å². The van der Waals surface area contributed by atoms with Gasteiger partial charge in [-0.15, -0.1) is 11.3 Å². The van der Waals surface area contributed by atoms with Crippen molar-refractivity contribution in [2.45, 2.75) is 19.4 Å². The van der Waals surface area contributed by atoms with E-state index in [0.717, 1.165) is 12.0 Å². The largest absolute Gasteiger partial charge is 0.309 e. The van der Waals surface area contributed by atoms with Crippen LogP contribution in [0.2, 0.25) is 10.0 Å². The topological polar surface area (TPSA) is 12.0 Å². The van der Waals surface area contributed by atoms with Crippen molar-refractivity contribution < 1.29 is 0 Å². The molecule has 0 amide bonds. The Morgan fingerprint density at radius 1 is 1.28 bits per heavy atom. The van der Waals surface area contributed by atoms with Crippen LogP contribution in [0.15, 0.2) is 29.6 Å². The van der Waals surface area contributed by atoms with Crippen LogP contribution < -0.4 is 5.32 Å². The summed E-state index contributed by atoms with van der Waals surface area (Å²) in [6.45, 7) is 2.16. The van der Waals surface area contributed by atoms with Crippen LogP contribution in [-0.4, -0.2) is 7.05 Å². The summed E-state index contributed by atoms with van der Waals surface area (Å²) >= 11 is 14.2. The van der Waals surface area contributed by atoms with Crippen molar-refractivity contribution in [2.75, 3.05) is 7.05 Å². The first-order chi connectivity index (χ1) is 8.69. The van der Waals surface area contributed by atoms with Crippen molar-refractivity contribution >= 4 is 34.5 Å². The predicted octanol–water partition coefficient (Wildman–Crippen LogP) is 4.93. The predicted molar refractivity (Wildman–Crippen MR) is 81.1 cm³/mol. The second kappa shape index (κ2) is 6.07. The lowest BCUT2D eigenvalue weighted by Crippen LogP contribution is -2.18. The summed E-state index contributed by atoms with van der Waals surface area (Å²) in [5, 5.41) is 6.69. The number of hydrogen-bond donors (Lipinski definition) is 1. The lowest BCUT2D eigenvalue weighted by atomic mass is 10.0. The smallest absolute Gasteiger partial charge is 0.0686 e. The van der Waals surface area contributed by atoms with Crippen LogP contribution in [0.25, 0.3) is 0 Å². The molecule has 1 N–H and O–H groups in total. The van der Waals surface area contributed by atoms with Crippen LogP contribution in [-0.2, 0) is 6.42 Å². The molecule has 0 aliphatic heterocycles. The molecule has 0 radical (unpaired) electrons. The molecule has 0 saturated carbocycles. The van der Waals surface area contributed by atoms with E-state index in [0.29, 0.717) is 10.0 Å². The van der Waals surface area contributed by atoms with E-state index in [1.165, 1.54) is 10.4 Å². The maximum absolute atomic E-state index is 6.31. The van der Waals surface area contributed by atoms with Crippen LogP contribution in [0.4, 0.5) is 0 Å². The van der Waals surface area contributed by atoms with E-state index in [1.54, 1.807) is 11.3 Å². The maximum Gasteiger partial charge on any atom is 0.0686 e. The molecule has 0 bridgehead atoms. The summed E-state index contributed by atoms with van der Waals surface area (Å²) in [6, 6.07) is 8.05. The first-order valence-electron chi connectivity index (χ1n) is 5.86. The molecule has 0 aliphatic rings. The van der Waals surface area contributed by atoms with Gasteiger partial charge in [-0.1, -0.05) is 42.3 Å². The summed E-state index contributed by atoms with van der Waals surface area (Å²) in [5.41, 5.74) is 2.39. The van der Waals surface area contributed by atoms with Gasteiger partial charge in [-0.05, 0) is 42.1 Å². The standard InChI is InChI=1S/C14H15Cl2NS/c1-3-9-7-8-18-14(9)13(17-2)10-5-4-6-11(15)12(10)16/h4-8,13,17H,3H2,1-2H3. The van der Waals surface area contributed by atoms with Gasteiger partial charge in [0.15, 0.2) is 0 Å². The van der Waals surface area contributed by atoms with Crippen LogP contribution in [0.5, 0.6) is 0 Å². The second-order valence-corrected chi connectivity index (χ2v) is 5.76.